The molecule has 0 saturated carbocycles. The molecule has 0 spiro atoms. The van der Waals surface area contributed by atoms with E-state index in [-0.39, 0.29) is 12.4 Å². The summed E-state index contributed by atoms with van der Waals surface area (Å²) in [4.78, 5) is 38.4. The first-order valence-corrected chi connectivity index (χ1v) is 18.3. The van der Waals surface area contributed by atoms with Crippen LogP contribution < -0.4 is 14.8 Å². The molecule has 0 aliphatic carbocycles. The van der Waals surface area contributed by atoms with Crippen LogP contribution in [0.4, 0.5) is 22.8 Å². The second kappa shape index (κ2) is 17.2. The number of hydrogen-bond donors (Lipinski definition) is 2. The number of nitrogens with one attached hydrogen (secondary N) is 1. The molecular weight excluding hydrogens is 709 g/mol. The Balaban J connectivity index is 2.42. The van der Waals surface area contributed by atoms with Gasteiger partial charge in [-0.3, -0.25) is 0 Å². The number of nitrogens with zero attached hydrogens (tertiary/aromatic N) is 1. The highest BCUT2D eigenvalue weighted by molar-refractivity contribution is 7.93. The summed E-state index contributed by atoms with van der Waals surface area (Å²) in [5.41, 5.74) is -6.39. The van der Waals surface area contributed by atoms with Gasteiger partial charge in [0, 0.05) is 17.9 Å². The molecule has 2 aromatic rings. The number of alkyl carbamates (subject to hydrolysis) is 1. The van der Waals surface area contributed by atoms with E-state index in [4.69, 9.17) is 23.7 Å². The van der Waals surface area contributed by atoms with Gasteiger partial charge in [0.1, 0.15) is 41.0 Å². The van der Waals surface area contributed by atoms with Crippen molar-refractivity contribution in [3.05, 3.63) is 59.7 Å². The summed E-state index contributed by atoms with van der Waals surface area (Å²) in [6, 6.07) is 10.1. The number of halogens is 3. The van der Waals surface area contributed by atoms with Gasteiger partial charge in [-0.25, -0.2) is 18.6 Å². The summed E-state index contributed by atoms with van der Waals surface area (Å²) >= 11 is 0. The molecule has 2 N–H and O–H groups in total. The van der Waals surface area contributed by atoms with Crippen molar-refractivity contribution < 1.29 is 60.6 Å². The number of aliphatic hydroxyl groups is 1. The van der Waals surface area contributed by atoms with Gasteiger partial charge in [0.25, 0.3) is 0 Å². The number of esters is 1. The van der Waals surface area contributed by atoms with E-state index in [1.54, 1.807) is 65.8 Å². The highest BCUT2D eigenvalue weighted by atomic mass is 32.2. The van der Waals surface area contributed by atoms with Crippen LogP contribution in [-0.2, 0) is 40.9 Å². The Morgan fingerprint density at radius 2 is 1.31 bits per heavy atom. The molecule has 0 saturated heterocycles. The zero-order valence-corrected chi connectivity index (χ0v) is 32.2. The molecule has 0 aromatic heterocycles. The molecule has 0 bridgehead atoms. The average Bonchev–Trinajstić information content (AvgIpc) is 2.98. The maximum Gasteiger partial charge on any atom is 0.442 e. The lowest BCUT2D eigenvalue weighted by molar-refractivity contribution is -0.267. The summed E-state index contributed by atoms with van der Waals surface area (Å²) in [7, 11) is -2.48. The summed E-state index contributed by atoms with van der Waals surface area (Å²) in [5, 5.41) is 13.5. The van der Waals surface area contributed by atoms with Crippen molar-refractivity contribution in [3.8, 4) is 11.5 Å². The SMILES string of the molecule is COc1ccc(COc2ccc(C(O)(CCS(=O)(CC[C@H](NC(=O)OC(C)(C)C)C(=O)OC(C)(C)C)=NC(=O)OC(C)(C)C)C(F)(F)F)cc2)cc1. The first-order chi connectivity index (χ1) is 23.6. The van der Waals surface area contributed by atoms with Gasteiger partial charge in [-0.15, -0.1) is 4.36 Å². The van der Waals surface area contributed by atoms with Crippen LogP contribution in [0.2, 0.25) is 0 Å². The molecule has 0 fully saturated rings. The Bertz CT molecular complexity index is 1640. The van der Waals surface area contributed by atoms with Crippen molar-refractivity contribution in [3.63, 3.8) is 0 Å². The third-order valence-electron chi connectivity index (χ3n) is 6.89. The van der Waals surface area contributed by atoms with Gasteiger partial charge in [-0.05, 0) is 104 Å². The molecule has 12 nitrogen and oxygen atoms in total. The van der Waals surface area contributed by atoms with Gasteiger partial charge in [0.05, 0.1) is 16.8 Å². The smallest absolute Gasteiger partial charge is 0.442 e. The molecule has 16 heteroatoms. The molecule has 2 unspecified atom stereocenters. The number of benzene rings is 2. The second-order valence-electron chi connectivity index (χ2n) is 15.0. The summed E-state index contributed by atoms with van der Waals surface area (Å²) < 4.78 is 88.3. The molecule has 0 aliphatic rings. The first kappa shape index (κ1) is 44.1. The quantitative estimate of drug-likeness (QED) is 0.155. The van der Waals surface area contributed by atoms with Gasteiger partial charge >= 0.3 is 24.3 Å². The van der Waals surface area contributed by atoms with E-state index in [0.29, 0.717) is 5.75 Å². The highest BCUT2D eigenvalue weighted by Crippen LogP contribution is 2.42. The number of carbonyl (C=O) groups is 3. The van der Waals surface area contributed by atoms with Gasteiger partial charge in [-0.2, -0.15) is 13.2 Å². The lowest BCUT2D eigenvalue weighted by Gasteiger charge is -2.31. The Hall–Kier alpha value is -4.05. The van der Waals surface area contributed by atoms with E-state index in [1.807, 2.05) is 0 Å². The van der Waals surface area contributed by atoms with Crippen LogP contribution in [0.3, 0.4) is 0 Å². The Labute approximate surface area is 303 Å². The molecule has 0 radical (unpaired) electrons. The van der Waals surface area contributed by atoms with Crippen LogP contribution in [0.25, 0.3) is 0 Å². The number of carbonyl (C=O) groups excluding carboxylic acids is 3. The van der Waals surface area contributed by atoms with Crippen LogP contribution in [0.15, 0.2) is 52.9 Å². The molecule has 3 atom stereocenters. The van der Waals surface area contributed by atoms with Crippen LogP contribution in [0.1, 0.15) is 86.3 Å². The fourth-order valence-corrected chi connectivity index (χ4v) is 6.37. The van der Waals surface area contributed by atoms with Crippen molar-refractivity contribution >= 4 is 27.9 Å². The Kier molecular flexibility index (Phi) is 14.6. The third kappa shape index (κ3) is 14.9. The van der Waals surface area contributed by atoms with Gasteiger partial charge < -0.3 is 34.1 Å². The Morgan fingerprint density at radius 3 is 1.79 bits per heavy atom. The van der Waals surface area contributed by atoms with Gasteiger partial charge in [0.15, 0.2) is 5.60 Å². The summed E-state index contributed by atoms with van der Waals surface area (Å²) in [5.74, 6) is -1.71. The van der Waals surface area contributed by atoms with Crippen molar-refractivity contribution in [2.75, 3.05) is 18.6 Å². The van der Waals surface area contributed by atoms with Crippen LogP contribution in [0, 0.1) is 0 Å². The standard InChI is InChI=1S/C36H51F3N2O10S/c1-32(2,3)49-29(42)28(40-30(43)50-33(4,5)6)19-21-52(46,41-31(44)51-34(7,8)9)22-20-35(45,36(37,38)39)25-13-17-27(18-14-25)48-23-24-11-15-26(47-10)16-12-24/h11-18,28,45H,19-23H2,1-10H3,(H,40,43)/t28-,35?,52?/m0/s1. The van der Waals surface area contributed by atoms with Crippen molar-refractivity contribution in [2.24, 2.45) is 4.36 Å². The lowest BCUT2D eigenvalue weighted by Crippen LogP contribution is -2.47. The molecular formula is C36H51F3N2O10S. The predicted octanol–water partition coefficient (Wildman–Crippen LogP) is 7.44. The molecule has 0 heterocycles. The predicted molar refractivity (Wildman–Crippen MR) is 188 cm³/mol. The minimum Gasteiger partial charge on any atom is -0.497 e. The van der Waals surface area contributed by atoms with Crippen molar-refractivity contribution in [1.29, 1.82) is 0 Å². The topological polar surface area (TPSA) is 159 Å². The van der Waals surface area contributed by atoms with E-state index in [9.17, 15) is 36.9 Å². The minimum absolute atomic E-state index is 0.105. The molecule has 2 amide bonds. The molecule has 292 valence electrons. The molecule has 52 heavy (non-hydrogen) atoms. The average molecular weight is 761 g/mol. The lowest BCUT2D eigenvalue weighted by atomic mass is 9.90. The van der Waals surface area contributed by atoms with E-state index >= 15 is 0 Å². The number of alkyl halides is 3. The van der Waals surface area contributed by atoms with E-state index < -0.39 is 92.4 Å². The number of ether oxygens (including phenoxy) is 5. The first-order valence-electron chi connectivity index (χ1n) is 16.5. The fraction of sp³-hybridized carbons (Fsp3) is 0.583. The fourth-order valence-electron chi connectivity index (χ4n) is 4.46. The normalized spacial score (nSPS) is 15.3. The molecule has 0 aliphatic heterocycles. The van der Waals surface area contributed by atoms with Crippen LogP contribution in [0.5, 0.6) is 11.5 Å². The minimum atomic E-state index is -5.26. The second-order valence-corrected chi connectivity index (χ2v) is 17.6. The summed E-state index contributed by atoms with van der Waals surface area (Å²) in [6.07, 6.45) is -9.27. The number of rotatable bonds is 13. The largest absolute Gasteiger partial charge is 0.497 e. The Morgan fingerprint density at radius 1 is 0.788 bits per heavy atom. The van der Waals surface area contributed by atoms with Crippen molar-refractivity contribution in [1.82, 2.24) is 5.32 Å². The molecule has 2 aromatic carbocycles. The van der Waals surface area contributed by atoms with Crippen molar-refractivity contribution in [2.45, 2.75) is 116 Å². The van der Waals surface area contributed by atoms with Crippen LogP contribution in [-0.4, -0.2) is 75.1 Å². The summed E-state index contributed by atoms with van der Waals surface area (Å²) in [6.45, 7) is 14.1. The third-order valence-corrected chi connectivity index (χ3v) is 9.09. The molecule has 2 rings (SSSR count). The number of methoxy groups -OCH3 is 1. The van der Waals surface area contributed by atoms with Crippen LogP contribution >= 0.6 is 0 Å². The van der Waals surface area contributed by atoms with E-state index in [2.05, 4.69) is 9.68 Å². The maximum absolute atomic E-state index is 14.6. The van der Waals surface area contributed by atoms with Gasteiger partial charge in [0.2, 0.25) is 0 Å². The number of hydrogen-bond acceptors (Lipinski definition) is 10. The van der Waals surface area contributed by atoms with E-state index in [1.165, 1.54) is 40.0 Å². The van der Waals surface area contributed by atoms with E-state index in [0.717, 1.165) is 17.7 Å². The maximum atomic E-state index is 14.6. The highest BCUT2D eigenvalue weighted by Gasteiger charge is 2.55. The number of amides is 2. The zero-order chi connectivity index (χ0) is 39.8. The van der Waals surface area contributed by atoms with Gasteiger partial charge in [-0.1, -0.05) is 24.3 Å². The monoisotopic (exact) mass is 760 g/mol. The zero-order valence-electron chi connectivity index (χ0n) is 31.3.